The average molecular weight is 452 g/mol. The van der Waals surface area contributed by atoms with Crippen molar-refractivity contribution < 1.29 is 8.91 Å². The number of nitrogens with two attached hydrogens (primary N) is 1. The van der Waals surface area contributed by atoms with Gasteiger partial charge in [0.25, 0.3) is 0 Å². The summed E-state index contributed by atoms with van der Waals surface area (Å²) in [7, 11) is 0. The molecule has 11 heteroatoms. The number of amidine groups is 1. The summed E-state index contributed by atoms with van der Waals surface area (Å²) in [5.74, 6) is 0.862. The van der Waals surface area contributed by atoms with Crippen molar-refractivity contribution in [3.8, 4) is 0 Å². The summed E-state index contributed by atoms with van der Waals surface area (Å²) >= 11 is 12.3. The van der Waals surface area contributed by atoms with Gasteiger partial charge in [-0.3, -0.25) is 10.4 Å². The molecule has 1 saturated heterocycles. The Morgan fingerprint density at radius 1 is 1.40 bits per heavy atom. The number of hydrogen-bond donors (Lipinski definition) is 3. The molecule has 1 aromatic carbocycles. The van der Waals surface area contributed by atoms with Gasteiger partial charge in [-0.25, -0.2) is 4.39 Å². The molecule has 2 aliphatic heterocycles. The number of aliphatic imine (C=N–C) groups is 1. The van der Waals surface area contributed by atoms with Crippen molar-refractivity contribution in [3.63, 3.8) is 0 Å². The lowest BCUT2D eigenvalue weighted by Gasteiger charge is -2.30. The first kappa shape index (κ1) is 20.8. The smallest absolute Gasteiger partial charge is 0.227 e. The number of nitrogens with one attached hydrogen (secondary N) is 2. The second-order valence-corrected chi connectivity index (χ2v) is 7.98. The van der Waals surface area contributed by atoms with Gasteiger partial charge in [0.1, 0.15) is 17.4 Å². The first-order valence-electron chi connectivity index (χ1n) is 9.44. The maximum Gasteiger partial charge on any atom is 0.227 e. The summed E-state index contributed by atoms with van der Waals surface area (Å²) in [4.78, 5) is 10.4. The molecule has 0 atom stereocenters. The zero-order chi connectivity index (χ0) is 21.3. The molecule has 8 nitrogen and oxygen atoms in total. The second kappa shape index (κ2) is 8.71. The van der Waals surface area contributed by atoms with Gasteiger partial charge in [-0.05, 0) is 37.2 Å². The van der Waals surface area contributed by atoms with E-state index >= 15 is 0 Å². The van der Waals surface area contributed by atoms with Crippen molar-refractivity contribution in [2.45, 2.75) is 13.0 Å². The monoisotopic (exact) mass is 451 g/mol. The first-order chi connectivity index (χ1) is 14.4. The van der Waals surface area contributed by atoms with E-state index in [2.05, 4.69) is 20.4 Å². The largest absolute Gasteiger partial charge is 0.382 e. The molecule has 2 aromatic rings. The van der Waals surface area contributed by atoms with E-state index in [9.17, 15) is 4.39 Å². The lowest BCUT2D eigenvalue weighted by atomic mass is 10.00. The fraction of sp³-hybridized carbons (Fsp3) is 0.368. The Morgan fingerprint density at radius 2 is 2.20 bits per heavy atom. The standard InChI is InChI=1S/C19H20Cl2FN7O/c20-12-1-2-13(22)17(21)11(12)9-29-4-3-26-18(24)15(29)6-14(23)19-27-16(30-28-19)5-10-7-25-8-10/h1-2,6,10,23,25H,3-5,7-9H2,(H2,24,26)/b15-6+,23-14?. The quantitative estimate of drug-likeness (QED) is 0.458. The van der Waals surface area contributed by atoms with Crippen LogP contribution in [0.4, 0.5) is 4.39 Å². The third-order valence-electron chi connectivity index (χ3n) is 5.06. The van der Waals surface area contributed by atoms with Crippen molar-refractivity contribution in [3.05, 3.63) is 57.0 Å². The molecule has 3 heterocycles. The van der Waals surface area contributed by atoms with E-state index in [0.717, 1.165) is 13.1 Å². The maximum absolute atomic E-state index is 13.9. The molecule has 0 amide bonds. The third kappa shape index (κ3) is 4.33. The highest BCUT2D eigenvalue weighted by atomic mass is 35.5. The molecule has 1 aromatic heterocycles. The number of rotatable bonds is 6. The molecule has 0 aliphatic carbocycles. The van der Waals surface area contributed by atoms with E-state index in [-0.39, 0.29) is 28.9 Å². The van der Waals surface area contributed by atoms with Crippen LogP contribution in [0.25, 0.3) is 0 Å². The van der Waals surface area contributed by atoms with E-state index in [1.165, 1.54) is 18.2 Å². The minimum Gasteiger partial charge on any atom is -0.382 e. The highest BCUT2D eigenvalue weighted by Crippen LogP contribution is 2.30. The lowest BCUT2D eigenvalue weighted by Crippen LogP contribution is -2.43. The normalized spacial score (nSPS) is 18.4. The lowest BCUT2D eigenvalue weighted by molar-refractivity contribution is 0.295. The molecule has 0 spiro atoms. The highest BCUT2D eigenvalue weighted by Gasteiger charge is 2.24. The Kier molecular flexibility index (Phi) is 6.03. The predicted molar refractivity (Wildman–Crippen MR) is 113 cm³/mol. The van der Waals surface area contributed by atoms with Crippen LogP contribution >= 0.6 is 23.2 Å². The van der Waals surface area contributed by atoms with Crippen molar-refractivity contribution in [2.24, 2.45) is 16.6 Å². The van der Waals surface area contributed by atoms with Crippen LogP contribution in [-0.2, 0) is 13.0 Å². The molecular weight excluding hydrogens is 432 g/mol. The van der Waals surface area contributed by atoms with Crippen LogP contribution in [0.5, 0.6) is 0 Å². The Morgan fingerprint density at radius 3 is 2.93 bits per heavy atom. The zero-order valence-corrected chi connectivity index (χ0v) is 17.5. The van der Waals surface area contributed by atoms with Crippen LogP contribution in [0.3, 0.4) is 0 Å². The molecule has 0 saturated carbocycles. The number of hydrogen-bond acceptors (Lipinski definition) is 8. The van der Waals surface area contributed by atoms with Gasteiger partial charge in [0.2, 0.25) is 11.7 Å². The van der Waals surface area contributed by atoms with Gasteiger partial charge in [0.15, 0.2) is 0 Å². The van der Waals surface area contributed by atoms with Gasteiger partial charge in [-0.2, -0.15) is 4.98 Å². The van der Waals surface area contributed by atoms with E-state index in [4.69, 9.17) is 38.9 Å². The van der Waals surface area contributed by atoms with Crippen LogP contribution < -0.4 is 11.1 Å². The van der Waals surface area contributed by atoms with Gasteiger partial charge in [0.05, 0.1) is 17.3 Å². The summed E-state index contributed by atoms with van der Waals surface area (Å²) < 4.78 is 19.2. The number of benzene rings is 1. The SMILES string of the molecule is N=C(/C=C1\C(N)=NCCN1Cc1c(Cl)ccc(F)c1Cl)c1noc(CC2CNC2)n1. The van der Waals surface area contributed by atoms with E-state index in [0.29, 0.717) is 47.6 Å². The summed E-state index contributed by atoms with van der Waals surface area (Å²) in [5, 5.41) is 15.8. The molecule has 0 radical (unpaired) electrons. The second-order valence-electron chi connectivity index (χ2n) is 7.19. The third-order valence-corrected chi connectivity index (χ3v) is 5.83. The topological polar surface area (TPSA) is 116 Å². The molecule has 0 bridgehead atoms. The first-order valence-corrected chi connectivity index (χ1v) is 10.2. The minimum absolute atomic E-state index is 0.0354. The van der Waals surface area contributed by atoms with Crippen LogP contribution in [-0.4, -0.2) is 52.8 Å². The molecule has 0 unspecified atom stereocenters. The molecule has 4 N–H and O–H groups in total. The Bertz CT molecular complexity index is 1030. The molecule has 1 fully saturated rings. The van der Waals surface area contributed by atoms with Crippen LogP contribution in [0.1, 0.15) is 17.3 Å². The molecule has 158 valence electrons. The summed E-state index contributed by atoms with van der Waals surface area (Å²) in [6, 6.07) is 2.68. The summed E-state index contributed by atoms with van der Waals surface area (Å²) in [6.45, 7) is 3.04. The van der Waals surface area contributed by atoms with E-state index in [1.54, 1.807) is 0 Å². The van der Waals surface area contributed by atoms with E-state index < -0.39 is 5.82 Å². The maximum atomic E-state index is 13.9. The Labute approximate surface area is 182 Å². The van der Waals surface area contributed by atoms with Crippen molar-refractivity contribution in [2.75, 3.05) is 26.2 Å². The molecule has 2 aliphatic rings. The molecule has 30 heavy (non-hydrogen) atoms. The van der Waals surface area contributed by atoms with Gasteiger partial charge in [-0.15, -0.1) is 0 Å². The fourth-order valence-corrected chi connectivity index (χ4v) is 3.77. The van der Waals surface area contributed by atoms with Crippen LogP contribution in [0.15, 0.2) is 33.4 Å². The summed E-state index contributed by atoms with van der Waals surface area (Å²) in [5.41, 5.74) is 7.06. The van der Waals surface area contributed by atoms with Crippen molar-refractivity contribution in [1.82, 2.24) is 20.4 Å². The van der Waals surface area contributed by atoms with Gasteiger partial charge in [-0.1, -0.05) is 28.4 Å². The predicted octanol–water partition coefficient (Wildman–Crippen LogP) is 2.40. The van der Waals surface area contributed by atoms with Crippen molar-refractivity contribution >= 4 is 34.7 Å². The van der Waals surface area contributed by atoms with Crippen molar-refractivity contribution in [1.29, 1.82) is 5.41 Å². The molecular formula is C19H20Cl2FN7O. The van der Waals surface area contributed by atoms with Gasteiger partial charge in [0, 0.05) is 30.1 Å². The van der Waals surface area contributed by atoms with Gasteiger partial charge >= 0.3 is 0 Å². The number of allylic oxidation sites excluding steroid dienone is 1. The number of halogens is 3. The fourth-order valence-electron chi connectivity index (χ4n) is 3.28. The zero-order valence-electron chi connectivity index (χ0n) is 16.0. The van der Waals surface area contributed by atoms with Crippen LogP contribution in [0, 0.1) is 17.1 Å². The van der Waals surface area contributed by atoms with Gasteiger partial charge < -0.3 is 20.5 Å². The molecule has 4 rings (SSSR count). The number of nitrogens with zero attached hydrogens (tertiary/aromatic N) is 4. The summed E-state index contributed by atoms with van der Waals surface area (Å²) in [6.07, 6.45) is 2.20. The number of aromatic nitrogens is 2. The Balaban J connectivity index is 1.56. The van der Waals surface area contributed by atoms with E-state index in [1.807, 2.05) is 4.90 Å². The minimum atomic E-state index is -0.547. The Hall–Kier alpha value is -2.49. The average Bonchev–Trinajstić information content (AvgIpc) is 3.16. The van der Waals surface area contributed by atoms with Crippen LogP contribution in [0.2, 0.25) is 10.0 Å². The highest BCUT2D eigenvalue weighted by molar-refractivity contribution is 6.36.